The van der Waals surface area contributed by atoms with Crippen molar-refractivity contribution >= 4 is 22.9 Å². The van der Waals surface area contributed by atoms with Crippen molar-refractivity contribution < 1.29 is 4.79 Å². The second-order valence-corrected chi connectivity index (χ2v) is 4.56. The van der Waals surface area contributed by atoms with Crippen molar-refractivity contribution in [1.82, 2.24) is 9.97 Å². The molecule has 3 heteroatoms. The van der Waals surface area contributed by atoms with Crippen LogP contribution >= 0.6 is 0 Å². The summed E-state index contributed by atoms with van der Waals surface area (Å²) in [5.41, 5.74) is 2.85. The molecule has 3 nitrogen and oxygen atoms in total. The second kappa shape index (κ2) is 4.33. The Balaban J connectivity index is 2.14. The predicted molar refractivity (Wildman–Crippen MR) is 71.3 cm³/mol. The van der Waals surface area contributed by atoms with E-state index < -0.39 is 0 Å². The van der Waals surface area contributed by atoms with Crippen LogP contribution in [0.4, 0.5) is 0 Å². The quantitative estimate of drug-likeness (QED) is 0.806. The molecule has 1 aliphatic rings. The van der Waals surface area contributed by atoms with Crippen molar-refractivity contribution in [2.45, 2.75) is 19.8 Å². The van der Waals surface area contributed by atoms with Crippen molar-refractivity contribution in [3.8, 4) is 0 Å². The molecular formula is C15H14N2O. The van der Waals surface area contributed by atoms with Crippen LogP contribution in [0.25, 0.3) is 17.1 Å². The molecule has 1 unspecified atom stereocenters. The Morgan fingerprint density at radius 3 is 2.61 bits per heavy atom. The van der Waals surface area contributed by atoms with E-state index in [4.69, 9.17) is 0 Å². The molecule has 90 valence electrons. The maximum atomic E-state index is 12.3. The predicted octanol–water partition coefficient (Wildman–Crippen LogP) is 3.26. The number of hydrogen-bond acceptors (Lipinski definition) is 3. The van der Waals surface area contributed by atoms with E-state index >= 15 is 0 Å². The Morgan fingerprint density at radius 2 is 1.89 bits per heavy atom. The molecule has 1 aliphatic carbocycles. The number of carbonyl (C=O) groups is 1. The lowest BCUT2D eigenvalue weighted by Crippen LogP contribution is -2.19. The van der Waals surface area contributed by atoms with Gasteiger partial charge in [-0.05, 0) is 24.6 Å². The lowest BCUT2D eigenvalue weighted by atomic mass is 9.90. The van der Waals surface area contributed by atoms with Crippen molar-refractivity contribution in [2.75, 3.05) is 0 Å². The third-order valence-corrected chi connectivity index (χ3v) is 3.25. The molecule has 0 amide bonds. The normalized spacial score (nSPS) is 18.1. The Kier molecular flexibility index (Phi) is 2.67. The summed E-state index contributed by atoms with van der Waals surface area (Å²) >= 11 is 0. The first-order valence-corrected chi connectivity index (χ1v) is 6.29. The highest BCUT2D eigenvalue weighted by molar-refractivity contribution is 6.03. The van der Waals surface area contributed by atoms with Crippen molar-refractivity contribution in [3.05, 3.63) is 41.7 Å². The highest BCUT2D eigenvalue weighted by Gasteiger charge is 2.25. The van der Waals surface area contributed by atoms with Gasteiger partial charge in [0.15, 0.2) is 5.78 Å². The summed E-state index contributed by atoms with van der Waals surface area (Å²) in [6.07, 6.45) is 5.76. The molecule has 3 rings (SSSR count). The molecule has 1 heterocycles. The molecule has 0 spiro atoms. The van der Waals surface area contributed by atoms with Gasteiger partial charge in [0.1, 0.15) is 5.69 Å². The monoisotopic (exact) mass is 238 g/mol. The number of ketones is 1. The summed E-state index contributed by atoms with van der Waals surface area (Å²) in [4.78, 5) is 21.3. The molecule has 1 atom stereocenters. The van der Waals surface area contributed by atoms with Crippen LogP contribution in [0.5, 0.6) is 0 Å². The van der Waals surface area contributed by atoms with Gasteiger partial charge < -0.3 is 0 Å². The third kappa shape index (κ3) is 1.72. The van der Waals surface area contributed by atoms with Crippen LogP contribution in [0.3, 0.4) is 0 Å². The maximum Gasteiger partial charge on any atom is 0.190 e. The van der Waals surface area contributed by atoms with Gasteiger partial charge in [0.05, 0.1) is 16.7 Å². The van der Waals surface area contributed by atoms with Crippen LogP contribution in [0.2, 0.25) is 0 Å². The van der Waals surface area contributed by atoms with Gasteiger partial charge in [-0.1, -0.05) is 31.6 Å². The second-order valence-electron chi connectivity index (χ2n) is 4.56. The number of carbonyl (C=O) groups excluding carboxylic acids is 1. The van der Waals surface area contributed by atoms with Gasteiger partial charge in [0.25, 0.3) is 0 Å². The molecule has 0 aliphatic heterocycles. The largest absolute Gasteiger partial charge is 0.292 e. The van der Waals surface area contributed by atoms with Crippen LogP contribution in [0.1, 0.15) is 35.9 Å². The molecule has 0 N–H and O–H groups in total. The summed E-state index contributed by atoms with van der Waals surface area (Å²) in [5.74, 6) is 0.0746. The van der Waals surface area contributed by atoms with Crippen molar-refractivity contribution in [3.63, 3.8) is 0 Å². The van der Waals surface area contributed by atoms with Gasteiger partial charge in [0.2, 0.25) is 0 Å². The number of hydrogen-bond donors (Lipinski definition) is 0. The smallest absolute Gasteiger partial charge is 0.190 e. The van der Waals surface area contributed by atoms with Crippen molar-refractivity contribution in [2.24, 2.45) is 5.92 Å². The number of fused-ring (bicyclic) bond motifs is 2. The molecule has 1 aromatic carbocycles. The number of allylic oxidation sites excluding steroid dienone is 1. The van der Waals surface area contributed by atoms with Gasteiger partial charge in [0, 0.05) is 5.92 Å². The molecule has 2 aromatic rings. The Bertz CT molecular complexity index is 646. The zero-order valence-corrected chi connectivity index (χ0v) is 10.3. The fourth-order valence-electron chi connectivity index (χ4n) is 2.32. The van der Waals surface area contributed by atoms with E-state index in [9.17, 15) is 4.79 Å². The minimum atomic E-state index is -0.0297. The summed E-state index contributed by atoms with van der Waals surface area (Å²) in [6.45, 7) is 2.09. The number of rotatable bonds is 2. The average Bonchev–Trinajstić information content (AvgIpc) is 2.41. The van der Waals surface area contributed by atoms with Crippen LogP contribution in [0, 0.1) is 5.92 Å². The SMILES string of the molecule is CCCC1C=Cc2nc3ccccc3nc2C1=O. The third-order valence-electron chi connectivity index (χ3n) is 3.25. The highest BCUT2D eigenvalue weighted by atomic mass is 16.1. The van der Waals surface area contributed by atoms with E-state index in [2.05, 4.69) is 16.9 Å². The van der Waals surface area contributed by atoms with E-state index in [1.807, 2.05) is 36.4 Å². The first-order valence-electron chi connectivity index (χ1n) is 6.29. The average molecular weight is 238 g/mol. The molecule has 0 saturated carbocycles. The number of para-hydroxylation sites is 2. The minimum absolute atomic E-state index is 0.0297. The molecule has 0 bridgehead atoms. The Labute approximate surface area is 106 Å². The van der Waals surface area contributed by atoms with Crippen LogP contribution in [-0.2, 0) is 0 Å². The van der Waals surface area contributed by atoms with E-state index in [0.29, 0.717) is 11.4 Å². The molecule has 0 fully saturated rings. The molecule has 0 saturated heterocycles. The van der Waals surface area contributed by atoms with Crippen LogP contribution in [0.15, 0.2) is 30.3 Å². The standard InChI is InChI=1S/C15H14N2O/c1-2-5-10-8-9-13-14(15(10)18)17-12-7-4-3-6-11(12)16-13/h3-4,6-10H,2,5H2,1H3. The number of nitrogens with zero attached hydrogens (tertiary/aromatic N) is 2. The summed E-state index contributed by atoms with van der Waals surface area (Å²) in [5, 5.41) is 0. The first-order chi connectivity index (χ1) is 8.79. The Morgan fingerprint density at radius 1 is 1.17 bits per heavy atom. The summed E-state index contributed by atoms with van der Waals surface area (Å²) < 4.78 is 0. The van der Waals surface area contributed by atoms with Crippen molar-refractivity contribution in [1.29, 1.82) is 0 Å². The highest BCUT2D eigenvalue weighted by Crippen LogP contribution is 2.25. The topological polar surface area (TPSA) is 42.9 Å². The van der Waals surface area contributed by atoms with Gasteiger partial charge in [-0.3, -0.25) is 4.79 Å². The van der Waals surface area contributed by atoms with E-state index in [1.54, 1.807) is 0 Å². The van der Waals surface area contributed by atoms with E-state index in [-0.39, 0.29) is 11.7 Å². The van der Waals surface area contributed by atoms with E-state index in [0.717, 1.165) is 23.9 Å². The zero-order valence-electron chi connectivity index (χ0n) is 10.3. The molecule has 18 heavy (non-hydrogen) atoms. The van der Waals surface area contributed by atoms with Gasteiger partial charge in [-0.25, -0.2) is 9.97 Å². The minimum Gasteiger partial charge on any atom is -0.292 e. The van der Waals surface area contributed by atoms with Crippen LogP contribution < -0.4 is 0 Å². The molecule has 1 aromatic heterocycles. The van der Waals surface area contributed by atoms with Crippen LogP contribution in [-0.4, -0.2) is 15.8 Å². The van der Waals surface area contributed by atoms with Gasteiger partial charge in [-0.2, -0.15) is 0 Å². The fourth-order valence-corrected chi connectivity index (χ4v) is 2.32. The molecule has 0 radical (unpaired) electrons. The number of aromatic nitrogens is 2. The zero-order chi connectivity index (χ0) is 12.5. The maximum absolute atomic E-state index is 12.3. The first kappa shape index (κ1) is 11.1. The fraction of sp³-hybridized carbons (Fsp3) is 0.267. The summed E-state index contributed by atoms with van der Waals surface area (Å²) in [6, 6.07) is 7.65. The lowest BCUT2D eigenvalue weighted by Gasteiger charge is -2.16. The van der Waals surface area contributed by atoms with E-state index in [1.165, 1.54) is 0 Å². The van der Waals surface area contributed by atoms with Gasteiger partial charge in [-0.15, -0.1) is 0 Å². The summed E-state index contributed by atoms with van der Waals surface area (Å²) in [7, 11) is 0. The Hall–Kier alpha value is -2.03. The number of Topliss-reactive ketones (excluding diaryl/α,β-unsaturated/α-hetero) is 1. The lowest BCUT2D eigenvalue weighted by molar-refractivity contribution is 0.0932. The molecular weight excluding hydrogens is 224 g/mol. The number of benzene rings is 1. The van der Waals surface area contributed by atoms with Gasteiger partial charge >= 0.3 is 0 Å².